The van der Waals surface area contributed by atoms with Gasteiger partial charge in [-0.25, -0.2) is 10.4 Å². The van der Waals surface area contributed by atoms with E-state index < -0.39 is 0 Å². The van der Waals surface area contributed by atoms with Crippen molar-refractivity contribution < 1.29 is 4.79 Å². The predicted molar refractivity (Wildman–Crippen MR) is 77.0 cm³/mol. The van der Waals surface area contributed by atoms with Crippen LogP contribution >= 0.6 is 0 Å². The Labute approximate surface area is 115 Å². The SMILES string of the molecule is O=C1NN=C(C2CCC2)/C1=C/c1c[nH]c2ncccc12. The number of hydrogen-bond donors (Lipinski definition) is 2. The van der Waals surface area contributed by atoms with Crippen molar-refractivity contribution in [3.8, 4) is 0 Å². The molecule has 0 atom stereocenters. The van der Waals surface area contributed by atoms with Crippen LogP contribution < -0.4 is 5.43 Å². The maximum Gasteiger partial charge on any atom is 0.273 e. The fourth-order valence-corrected chi connectivity index (χ4v) is 2.73. The molecule has 1 saturated carbocycles. The molecule has 5 heteroatoms. The fraction of sp³-hybridized carbons (Fsp3) is 0.267. The third kappa shape index (κ3) is 1.66. The summed E-state index contributed by atoms with van der Waals surface area (Å²) >= 11 is 0. The van der Waals surface area contributed by atoms with Crippen LogP contribution in [0.5, 0.6) is 0 Å². The Hall–Kier alpha value is -2.43. The molecule has 1 aliphatic carbocycles. The quantitative estimate of drug-likeness (QED) is 0.818. The Morgan fingerprint density at radius 3 is 3.05 bits per heavy atom. The number of rotatable bonds is 2. The minimum Gasteiger partial charge on any atom is -0.346 e. The molecule has 20 heavy (non-hydrogen) atoms. The van der Waals surface area contributed by atoms with E-state index in [1.54, 1.807) is 6.20 Å². The number of aromatic nitrogens is 2. The van der Waals surface area contributed by atoms with Gasteiger partial charge in [0.05, 0.1) is 11.3 Å². The molecule has 2 aromatic rings. The second kappa shape index (κ2) is 4.30. The Balaban J connectivity index is 1.78. The van der Waals surface area contributed by atoms with E-state index in [1.165, 1.54) is 6.42 Å². The van der Waals surface area contributed by atoms with Crippen molar-refractivity contribution >= 4 is 28.7 Å². The number of nitrogens with zero attached hydrogens (tertiary/aromatic N) is 2. The van der Waals surface area contributed by atoms with Gasteiger partial charge in [-0.05, 0) is 31.1 Å². The van der Waals surface area contributed by atoms with Gasteiger partial charge in [0.2, 0.25) is 0 Å². The number of H-pyrrole nitrogens is 1. The van der Waals surface area contributed by atoms with Gasteiger partial charge in [-0.1, -0.05) is 6.42 Å². The molecule has 0 aromatic carbocycles. The first-order valence-corrected chi connectivity index (χ1v) is 6.85. The van der Waals surface area contributed by atoms with Gasteiger partial charge < -0.3 is 4.98 Å². The summed E-state index contributed by atoms with van der Waals surface area (Å²) in [5, 5.41) is 5.22. The number of carbonyl (C=O) groups excluding carboxylic acids is 1. The summed E-state index contributed by atoms with van der Waals surface area (Å²) in [5.41, 5.74) is 6.01. The molecule has 5 nitrogen and oxygen atoms in total. The molecule has 2 aliphatic rings. The van der Waals surface area contributed by atoms with Gasteiger partial charge in [0, 0.05) is 29.3 Å². The van der Waals surface area contributed by atoms with Crippen molar-refractivity contribution in [3.05, 3.63) is 35.7 Å². The zero-order valence-corrected chi connectivity index (χ0v) is 10.9. The van der Waals surface area contributed by atoms with E-state index in [4.69, 9.17) is 0 Å². The van der Waals surface area contributed by atoms with Crippen molar-refractivity contribution in [2.45, 2.75) is 19.3 Å². The van der Waals surface area contributed by atoms with Gasteiger partial charge in [-0.15, -0.1) is 0 Å². The predicted octanol–water partition coefficient (Wildman–Crippen LogP) is 2.23. The molecule has 0 bridgehead atoms. The normalized spacial score (nSPS) is 21.1. The maximum absolute atomic E-state index is 12.0. The Bertz CT molecular complexity index is 752. The lowest BCUT2D eigenvalue weighted by Gasteiger charge is -2.24. The molecule has 0 radical (unpaired) electrons. The molecule has 2 aromatic heterocycles. The van der Waals surface area contributed by atoms with Gasteiger partial charge in [0.15, 0.2) is 0 Å². The second-order valence-corrected chi connectivity index (χ2v) is 5.27. The molecular weight excluding hydrogens is 252 g/mol. The number of hydrogen-bond acceptors (Lipinski definition) is 3. The summed E-state index contributed by atoms with van der Waals surface area (Å²) in [5.74, 6) is 0.327. The molecule has 0 spiro atoms. The van der Waals surface area contributed by atoms with Crippen LogP contribution in [-0.2, 0) is 4.79 Å². The van der Waals surface area contributed by atoms with Crippen LogP contribution in [0.4, 0.5) is 0 Å². The van der Waals surface area contributed by atoms with Gasteiger partial charge in [-0.2, -0.15) is 5.10 Å². The van der Waals surface area contributed by atoms with E-state index >= 15 is 0 Å². The lowest BCUT2D eigenvalue weighted by molar-refractivity contribution is -0.116. The number of fused-ring (bicyclic) bond motifs is 1. The average molecular weight is 266 g/mol. The number of hydrazone groups is 1. The van der Waals surface area contributed by atoms with Crippen LogP contribution in [-0.4, -0.2) is 21.6 Å². The van der Waals surface area contributed by atoms with Crippen molar-refractivity contribution in [2.75, 3.05) is 0 Å². The molecule has 0 saturated heterocycles. The summed E-state index contributed by atoms with van der Waals surface area (Å²) in [6.07, 6.45) is 9.03. The lowest BCUT2D eigenvalue weighted by Crippen LogP contribution is -2.23. The number of carbonyl (C=O) groups is 1. The highest BCUT2D eigenvalue weighted by Crippen LogP contribution is 2.33. The van der Waals surface area contributed by atoms with Gasteiger partial charge >= 0.3 is 0 Å². The second-order valence-electron chi connectivity index (χ2n) is 5.27. The molecule has 2 N–H and O–H groups in total. The van der Waals surface area contributed by atoms with Crippen molar-refractivity contribution in [1.29, 1.82) is 0 Å². The van der Waals surface area contributed by atoms with Crippen molar-refractivity contribution in [3.63, 3.8) is 0 Å². The first kappa shape index (κ1) is 11.4. The van der Waals surface area contributed by atoms with Crippen molar-refractivity contribution in [2.24, 2.45) is 11.0 Å². The standard InChI is InChI=1S/C15H14N4O/c20-15-12(13(18-19-15)9-3-1-4-9)7-10-8-17-14-11(10)5-2-6-16-14/h2,5-9H,1,3-4H2,(H,16,17)(H,19,20)/b12-7-. The molecule has 1 aliphatic heterocycles. The van der Waals surface area contributed by atoms with E-state index in [-0.39, 0.29) is 5.91 Å². The third-order valence-electron chi connectivity index (χ3n) is 4.07. The summed E-state index contributed by atoms with van der Waals surface area (Å²) in [6.45, 7) is 0. The Kier molecular flexibility index (Phi) is 2.45. The number of aromatic amines is 1. The first-order chi connectivity index (χ1) is 9.83. The molecular formula is C15H14N4O. The highest BCUT2D eigenvalue weighted by Gasteiger charge is 2.32. The van der Waals surface area contributed by atoms with Gasteiger partial charge in [0.1, 0.15) is 5.65 Å². The molecule has 4 rings (SSSR count). The zero-order valence-electron chi connectivity index (χ0n) is 10.9. The molecule has 3 heterocycles. The summed E-state index contributed by atoms with van der Waals surface area (Å²) in [6, 6.07) is 3.89. The van der Waals surface area contributed by atoms with Crippen LogP contribution in [0.1, 0.15) is 24.8 Å². The smallest absolute Gasteiger partial charge is 0.273 e. The molecule has 1 amide bonds. The van der Waals surface area contributed by atoms with E-state index in [0.29, 0.717) is 11.5 Å². The largest absolute Gasteiger partial charge is 0.346 e. The summed E-state index contributed by atoms with van der Waals surface area (Å²) in [7, 11) is 0. The van der Waals surface area contributed by atoms with Crippen molar-refractivity contribution in [1.82, 2.24) is 15.4 Å². The summed E-state index contributed by atoms with van der Waals surface area (Å²) in [4.78, 5) is 19.4. The van der Waals surface area contributed by atoms with E-state index in [2.05, 4.69) is 20.5 Å². The maximum atomic E-state index is 12.0. The molecule has 1 fully saturated rings. The van der Waals surface area contributed by atoms with Crippen LogP contribution in [0.2, 0.25) is 0 Å². The topological polar surface area (TPSA) is 70.1 Å². The number of amides is 1. The minimum atomic E-state index is -0.106. The van der Waals surface area contributed by atoms with E-state index in [0.717, 1.165) is 35.2 Å². The highest BCUT2D eigenvalue weighted by molar-refractivity contribution is 6.28. The molecule has 100 valence electrons. The lowest BCUT2D eigenvalue weighted by atomic mass is 9.79. The zero-order chi connectivity index (χ0) is 13.5. The Morgan fingerprint density at radius 1 is 1.35 bits per heavy atom. The Morgan fingerprint density at radius 2 is 2.25 bits per heavy atom. The number of pyridine rings is 1. The average Bonchev–Trinajstić information content (AvgIpc) is 2.96. The molecule has 0 unspecified atom stereocenters. The highest BCUT2D eigenvalue weighted by atomic mass is 16.2. The van der Waals surface area contributed by atoms with Gasteiger partial charge in [-0.3, -0.25) is 4.79 Å². The van der Waals surface area contributed by atoms with Gasteiger partial charge in [0.25, 0.3) is 5.91 Å². The minimum absolute atomic E-state index is 0.106. The third-order valence-corrected chi connectivity index (χ3v) is 4.07. The fourth-order valence-electron chi connectivity index (χ4n) is 2.73. The monoisotopic (exact) mass is 266 g/mol. The van der Waals surface area contributed by atoms with Crippen LogP contribution in [0.15, 0.2) is 35.2 Å². The summed E-state index contributed by atoms with van der Waals surface area (Å²) < 4.78 is 0. The van der Waals surface area contributed by atoms with Crippen LogP contribution in [0.25, 0.3) is 17.1 Å². The first-order valence-electron chi connectivity index (χ1n) is 6.85. The van der Waals surface area contributed by atoms with E-state index in [9.17, 15) is 4.79 Å². The van der Waals surface area contributed by atoms with Crippen LogP contribution in [0, 0.1) is 5.92 Å². The number of nitrogens with one attached hydrogen (secondary N) is 2. The van der Waals surface area contributed by atoms with E-state index in [1.807, 2.05) is 24.4 Å². The van der Waals surface area contributed by atoms with Crippen LogP contribution in [0.3, 0.4) is 0 Å².